The number of halogens is 1. The molecule has 0 aliphatic carbocycles. The molecule has 1 nitrogen and oxygen atoms in total. The van der Waals surface area contributed by atoms with Crippen molar-refractivity contribution in [3.05, 3.63) is 54.1 Å². The van der Waals surface area contributed by atoms with Gasteiger partial charge in [0.25, 0.3) is 0 Å². The van der Waals surface area contributed by atoms with E-state index >= 15 is 0 Å². The lowest BCUT2D eigenvalue weighted by Gasteiger charge is -2.08. The van der Waals surface area contributed by atoms with Crippen molar-refractivity contribution in [2.24, 2.45) is 5.92 Å². The van der Waals surface area contributed by atoms with Gasteiger partial charge >= 0.3 is 0 Å². The molecule has 0 amide bonds. The number of hydrogen-bond acceptors (Lipinski definition) is 2. The number of thioether (sulfide) groups is 1. The van der Waals surface area contributed by atoms with Crippen LogP contribution in [-0.4, -0.2) is 5.75 Å². The van der Waals surface area contributed by atoms with E-state index in [-0.39, 0.29) is 0 Å². The first-order valence-corrected chi connectivity index (χ1v) is 8.25. The average Bonchev–Trinajstić information content (AvgIpc) is 2.47. The highest BCUT2D eigenvalue weighted by Crippen LogP contribution is 2.26. The first-order valence-electron chi connectivity index (χ1n) is 6.73. The zero-order chi connectivity index (χ0) is 14.4. The third kappa shape index (κ3) is 4.77. The van der Waals surface area contributed by atoms with Crippen LogP contribution in [0.2, 0.25) is 0 Å². The summed E-state index contributed by atoms with van der Waals surface area (Å²) < 4.78 is 5.81. The molecule has 0 aromatic heterocycles. The Bertz CT molecular complexity index is 520. The van der Waals surface area contributed by atoms with Crippen LogP contribution in [-0.2, 0) is 5.88 Å². The Morgan fingerprint density at radius 3 is 2.00 bits per heavy atom. The van der Waals surface area contributed by atoms with E-state index in [1.54, 1.807) is 0 Å². The molecule has 20 heavy (non-hydrogen) atoms. The average molecular weight is 307 g/mol. The van der Waals surface area contributed by atoms with Crippen molar-refractivity contribution in [3.63, 3.8) is 0 Å². The van der Waals surface area contributed by atoms with Gasteiger partial charge in [0, 0.05) is 16.5 Å². The zero-order valence-electron chi connectivity index (χ0n) is 11.8. The van der Waals surface area contributed by atoms with E-state index in [1.807, 2.05) is 48.2 Å². The minimum absolute atomic E-state index is 0.530. The second-order valence-electron chi connectivity index (χ2n) is 5.06. The molecule has 0 unspecified atom stereocenters. The summed E-state index contributed by atoms with van der Waals surface area (Å²) in [5, 5.41) is 0. The fourth-order valence-electron chi connectivity index (χ4n) is 1.65. The fourth-order valence-corrected chi connectivity index (χ4v) is 2.68. The Kier molecular flexibility index (Phi) is 5.81. The van der Waals surface area contributed by atoms with Gasteiger partial charge < -0.3 is 4.74 Å². The van der Waals surface area contributed by atoms with Crippen LogP contribution in [0.5, 0.6) is 11.5 Å². The summed E-state index contributed by atoms with van der Waals surface area (Å²) in [6.45, 7) is 4.46. The van der Waals surface area contributed by atoms with Crippen LogP contribution in [0.25, 0.3) is 0 Å². The molecule has 0 heterocycles. The molecule has 0 atom stereocenters. The normalized spacial score (nSPS) is 10.8. The number of hydrogen-bond donors (Lipinski definition) is 0. The first-order chi connectivity index (χ1) is 9.67. The van der Waals surface area contributed by atoms with E-state index in [0.29, 0.717) is 11.8 Å². The second kappa shape index (κ2) is 7.61. The van der Waals surface area contributed by atoms with Gasteiger partial charge in [0.05, 0.1) is 0 Å². The molecule has 0 spiro atoms. The summed E-state index contributed by atoms with van der Waals surface area (Å²) in [6, 6.07) is 16.1. The SMILES string of the molecule is CC(C)CSc1ccc(Oc2ccc(CCl)cc2)cc1. The number of benzene rings is 2. The molecule has 0 aliphatic heterocycles. The summed E-state index contributed by atoms with van der Waals surface area (Å²) in [4.78, 5) is 1.28. The first kappa shape index (κ1) is 15.3. The van der Waals surface area contributed by atoms with Crippen LogP contribution < -0.4 is 4.74 Å². The molecule has 0 saturated heterocycles. The largest absolute Gasteiger partial charge is 0.457 e. The highest BCUT2D eigenvalue weighted by molar-refractivity contribution is 7.99. The molecule has 3 heteroatoms. The molecule has 2 aromatic rings. The number of rotatable bonds is 6. The van der Waals surface area contributed by atoms with Crippen molar-refractivity contribution in [1.29, 1.82) is 0 Å². The Labute approximate surface area is 130 Å². The summed E-state index contributed by atoms with van der Waals surface area (Å²) >= 11 is 7.64. The molecule has 106 valence electrons. The van der Waals surface area contributed by atoms with Crippen molar-refractivity contribution in [1.82, 2.24) is 0 Å². The molecule has 0 fully saturated rings. The van der Waals surface area contributed by atoms with E-state index in [4.69, 9.17) is 16.3 Å². The molecule has 0 aliphatic rings. The van der Waals surface area contributed by atoms with Crippen LogP contribution in [0, 0.1) is 5.92 Å². The second-order valence-corrected chi connectivity index (χ2v) is 6.42. The molecule has 0 bridgehead atoms. The van der Waals surface area contributed by atoms with Gasteiger partial charge in [-0.2, -0.15) is 0 Å². The van der Waals surface area contributed by atoms with Gasteiger partial charge in [0.1, 0.15) is 11.5 Å². The minimum Gasteiger partial charge on any atom is -0.457 e. The van der Waals surface area contributed by atoms with Gasteiger partial charge in [-0.05, 0) is 47.9 Å². The molecular formula is C17H19ClOS. The predicted octanol–water partition coefficient (Wildman–Crippen LogP) is 5.97. The van der Waals surface area contributed by atoms with E-state index in [0.717, 1.165) is 22.8 Å². The molecule has 0 saturated carbocycles. The van der Waals surface area contributed by atoms with E-state index in [1.165, 1.54) is 4.90 Å². The quantitative estimate of drug-likeness (QED) is 0.480. The lowest BCUT2D eigenvalue weighted by atomic mass is 10.2. The van der Waals surface area contributed by atoms with Gasteiger partial charge in [0.2, 0.25) is 0 Å². The fraction of sp³-hybridized carbons (Fsp3) is 0.294. The van der Waals surface area contributed by atoms with Crippen LogP contribution in [0.3, 0.4) is 0 Å². The highest BCUT2D eigenvalue weighted by Gasteiger charge is 2.00. The lowest BCUT2D eigenvalue weighted by molar-refractivity contribution is 0.482. The number of alkyl halides is 1. The highest BCUT2D eigenvalue weighted by atomic mass is 35.5. The molecule has 2 rings (SSSR count). The maximum Gasteiger partial charge on any atom is 0.127 e. The van der Waals surface area contributed by atoms with E-state index in [9.17, 15) is 0 Å². The minimum atomic E-state index is 0.530. The standard InChI is InChI=1S/C17H19ClOS/c1-13(2)12-20-17-9-7-16(8-10-17)19-15-5-3-14(11-18)4-6-15/h3-10,13H,11-12H2,1-2H3. The van der Waals surface area contributed by atoms with Crippen molar-refractivity contribution in [2.45, 2.75) is 24.6 Å². The van der Waals surface area contributed by atoms with Crippen LogP contribution in [0.15, 0.2) is 53.4 Å². The maximum absolute atomic E-state index is 5.81. The summed E-state index contributed by atoms with van der Waals surface area (Å²) in [5.74, 6) is 4.07. The smallest absolute Gasteiger partial charge is 0.127 e. The monoisotopic (exact) mass is 306 g/mol. The van der Waals surface area contributed by atoms with Crippen LogP contribution >= 0.6 is 23.4 Å². The van der Waals surface area contributed by atoms with Gasteiger partial charge in [-0.3, -0.25) is 0 Å². The summed E-state index contributed by atoms with van der Waals surface area (Å²) in [6.07, 6.45) is 0. The Balaban J connectivity index is 1.95. The van der Waals surface area contributed by atoms with E-state index < -0.39 is 0 Å². The van der Waals surface area contributed by atoms with Gasteiger partial charge in [0.15, 0.2) is 0 Å². The van der Waals surface area contributed by atoms with Crippen LogP contribution in [0.1, 0.15) is 19.4 Å². The van der Waals surface area contributed by atoms with Gasteiger partial charge in [-0.25, -0.2) is 0 Å². The van der Waals surface area contributed by atoms with Crippen LogP contribution in [0.4, 0.5) is 0 Å². The number of ether oxygens (including phenoxy) is 1. The van der Waals surface area contributed by atoms with Crippen molar-refractivity contribution >= 4 is 23.4 Å². The van der Waals surface area contributed by atoms with Gasteiger partial charge in [-0.1, -0.05) is 26.0 Å². The molecular weight excluding hydrogens is 288 g/mol. The topological polar surface area (TPSA) is 9.23 Å². The Morgan fingerprint density at radius 1 is 0.950 bits per heavy atom. The predicted molar refractivity (Wildman–Crippen MR) is 88.1 cm³/mol. The lowest BCUT2D eigenvalue weighted by Crippen LogP contribution is -1.90. The third-order valence-electron chi connectivity index (χ3n) is 2.72. The van der Waals surface area contributed by atoms with E-state index in [2.05, 4.69) is 26.0 Å². The van der Waals surface area contributed by atoms with Gasteiger partial charge in [-0.15, -0.1) is 23.4 Å². The molecule has 0 radical (unpaired) electrons. The zero-order valence-corrected chi connectivity index (χ0v) is 13.4. The molecule has 0 N–H and O–H groups in total. The Hall–Kier alpha value is -1.12. The van der Waals surface area contributed by atoms with Crippen molar-refractivity contribution in [2.75, 3.05) is 5.75 Å². The maximum atomic E-state index is 5.81. The summed E-state index contributed by atoms with van der Waals surface area (Å²) in [5.41, 5.74) is 1.10. The van der Waals surface area contributed by atoms with Crippen molar-refractivity contribution in [3.8, 4) is 11.5 Å². The summed E-state index contributed by atoms with van der Waals surface area (Å²) in [7, 11) is 0. The third-order valence-corrected chi connectivity index (χ3v) is 4.47. The molecule has 2 aromatic carbocycles. The van der Waals surface area contributed by atoms with Crippen molar-refractivity contribution < 1.29 is 4.74 Å². The Morgan fingerprint density at radius 2 is 1.50 bits per heavy atom.